The van der Waals surface area contributed by atoms with E-state index in [1.807, 2.05) is 32.0 Å². The largest absolute Gasteiger partial charge is 0.350 e. The Morgan fingerprint density at radius 2 is 1.65 bits per heavy atom. The van der Waals surface area contributed by atoms with E-state index in [2.05, 4.69) is 10.6 Å². The third kappa shape index (κ3) is 4.66. The molecule has 0 aliphatic carbocycles. The number of carbonyl (C=O) groups is 3. The molecule has 34 heavy (non-hydrogen) atoms. The number of aryl methyl sites for hydroxylation is 2. The first-order valence-corrected chi connectivity index (χ1v) is 11.3. The molecule has 172 valence electrons. The van der Waals surface area contributed by atoms with Gasteiger partial charge < -0.3 is 10.6 Å². The van der Waals surface area contributed by atoms with Gasteiger partial charge >= 0.3 is 0 Å². The van der Waals surface area contributed by atoms with E-state index in [0.717, 1.165) is 16.0 Å². The van der Waals surface area contributed by atoms with Crippen molar-refractivity contribution < 1.29 is 14.4 Å². The third-order valence-electron chi connectivity index (χ3n) is 5.21. The lowest BCUT2D eigenvalue weighted by molar-refractivity contribution is -0.120. The standard InChI is InChI=1S/C25H18Cl3N3O3/c1-13-6-7-14(2)19(10-13)30-23(32)15-4-3-5-17(11-15)29-22-21(28)24(33)31(25(22)34)20-12-16(26)8-9-18(20)27/h3-12,29H,1-2H3,(H,30,32). The van der Waals surface area contributed by atoms with Crippen LogP contribution >= 0.6 is 34.8 Å². The molecular weight excluding hydrogens is 497 g/mol. The van der Waals surface area contributed by atoms with Gasteiger partial charge in [0.1, 0.15) is 10.7 Å². The van der Waals surface area contributed by atoms with Crippen molar-refractivity contribution in [2.45, 2.75) is 13.8 Å². The SMILES string of the molecule is Cc1ccc(C)c(NC(=O)c2cccc(NC3=C(Cl)C(=O)N(c4cc(Cl)ccc4Cl)C3=O)c2)c1. The molecule has 3 aromatic carbocycles. The van der Waals surface area contributed by atoms with E-state index in [1.165, 1.54) is 12.1 Å². The Hall–Kier alpha value is -3.32. The smallest absolute Gasteiger partial charge is 0.283 e. The zero-order valence-electron chi connectivity index (χ0n) is 18.1. The Balaban J connectivity index is 1.57. The number of halogens is 3. The second kappa shape index (κ2) is 9.50. The maximum atomic E-state index is 13.0. The monoisotopic (exact) mass is 513 g/mol. The van der Waals surface area contributed by atoms with Gasteiger partial charge in [-0.3, -0.25) is 14.4 Å². The summed E-state index contributed by atoms with van der Waals surface area (Å²) in [5, 5.41) is 5.93. The highest BCUT2D eigenvalue weighted by Gasteiger charge is 2.40. The number of imide groups is 1. The molecule has 0 atom stereocenters. The van der Waals surface area contributed by atoms with Crippen LogP contribution in [0.2, 0.25) is 10.0 Å². The number of anilines is 3. The number of nitrogens with zero attached hydrogens (tertiary/aromatic N) is 1. The van der Waals surface area contributed by atoms with Crippen LogP contribution < -0.4 is 15.5 Å². The Bertz CT molecular complexity index is 1380. The average Bonchev–Trinajstić information content (AvgIpc) is 3.01. The molecule has 0 spiro atoms. The quantitative estimate of drug-likeness (QED) is 0.392. The number of hydrogen-bond donors (Lipinski definition) is 2. The van der Waals surface area contributed by atoms with Crippen LogP contribution in [-0.2, 0) is 9.59 Å². The van der Waals surface area contributed by atoms with E-state index in [-0.39, 0.29) is 27.3 Å². The second-order valence-electron chi connectivity index (χ2n) is 7.71. The minimum atomic E-state index is -0.734. The number of hydrogen-bond acceptors (Lipinski definition) is 4. The fourth-order valence-corrected chi connectivity index (χ4v) is 4.02. The lowest BCUT2D eigenvalue weighted by Gasteiger charge is -2.17. The molecule has 3 aromatic rings. The van der Waals surface area contributed by atoms with Crippen LogP contribution in [0.5, 0.6) is 0 Å². The zero-order chi connectivity index (χ0) is 24.6. The Morgan fingerprint density at radius 1 is 0.882 bits per heavy atom. The van der Waals surface area contributed by atoms with Gasteiger partial charge in [0.15, 0.2) is 0 Å². The zero-order valence-corrected chi connectivity index (χ0v) is 20.3. The number of amides is 3. The predicted molar refractivity (Wildman–Crippen MR) is 136 cm³/mol. The molecule has 0 aromatic heterocycles. The molecule has 1 heterocycles. The van der Waals surface area contributed by atoms with Crippen LogP contribution in [0.1, 0.15) is 21.5 Å². The van der Waals surface area contributed by atoms with Gasteiger partial charge in [-0.2, -0.15) is 0 Å². The van der Waals surface area contributed by atoms with Crippen LogP contribution in [-0.4, -0.2) is 17.7 Å². The van der Waals surface area contributed by atoms with Crippen molar-refractivity contribution in [3.8, 4) is 0 Å². The lowest BCUT2D eigenvalue weighted by atomic mass is 10.1. The average molecular weight is 515 g/mol. The summed E-state index contributed by atoms with van der Waals surface area (Å²) in [6.07, 6.45) is 0. The fraction of sp³-hybridized carbons (Fsp3) is 0.0800. The molecular formula is C25H18Cl3N3O3. The third-order valence-corrected chi connectivity index (χ3v) is 6.12. The maximum Gasteiger partial charge on any atom is 0.283 e. The van der Waals surface area contributed by atoms with Gasteiger partial charge in [0.2, 0.25) is 0 Å². The summed E-state index contributed by atoms with van der Waals surface area (Å²) in [4.78, 5) is 39.4. The van der Waals surface area contributed by atoms with Crippen molar-refractivity contribution >= 4 is 69.6 Å². The molecule has 4 rings (SSSR count). The van der Waals surface area contributed by atoms with E-state index in [9.17, 15) is 14.4 Å². The first kappa shape index (κ1) is 23.8. The normalized spacial score (nSPS) is 13.5. The van der Waals surface area contributed by atoms with Crippen molar-refractivity contribution in [3.63, 3.8) is 0 Å². The molecule has 6 nitrogen and oxygen atoms in total. The Labute approximate surface area is 211 Å². The first-order chi connectivity index (χ1) is 16.2. The molecule has 1 aliphatic heterocycles. The molecule has 0 saturated carbocycles. The summed E-state index contributed by atoms with van der Waals surface area (Å²) < 4.78 is 0. The summed E-state index contributed by atoms with van der Waals surface area (Å²) >= 11 is 18.4. The Kier molecular flexibility index (Phi) is 6.66. The predicted octanol–water partition coefficient (Wildman–Crippen LogP) is 6.30. The number of carbonyl (C=O) groups excluding carboxylic acids is 3. The summed E-state index contributed by atoms with van der Waals surface area (Å²) in [5.74, 6) is -1.75. The second-order valence-corrected chi connectivity index (χ2v) is 8.93. The van der Waals surface area contributed by atoms with Gasteiger partial charge in [-0.1, -0.05) is 53.0 Å². The van der Waals surface area contributed by atoms with Gasteiger partial charge in [0, 0.05) is 22.0 Å². The van der Waals surface area contributed by atoms with Crippen molar-refractivity contribution in [1.82, 2.24) is 0 Å². The molecule has 2 N–H and O–H groups in total. The molecule has 0 bridgehead atoms. The summed E-state index contributed by atoms with van der Waals surface area (Å²) in [7, 11) is 0. The molecule has 9 heteroatoms. The van der Waals surface area contributed by atoms with Gasteiger partial charge in [0.25, 0.3) is 17.7 Å². The van der Waals surface area contributed by atoms with Crippen LogP contribution in [0.3, 0.4) is 0 Å². The number of rotatable bonds is 5. The summed E-state index contributed by atoms with van der Waals surface area (Å²) in [6, 6.07) is 16.7. The highest BCUT2D eigenvalue weighted by atomic mass is 35.5. The van der Waals surface area contributed by atoms with Crippen LogP contribution in [0.15, 0.2) is 71.4 Å². The fourth-order valence-electron chi connectivity index (χ4n) is 3.43. The first-order valence-electron chi connectivity index (χ1n) is 10.1. The van der Waals surface area contributed by atoms with Crippen LogP contribution in [0.25, 0.3) is 0 Å². The Morgan fingerprint density at radius 3 is 2.41 bits per heavy atom. The van der Waals surface area contributed by atoms with Crippen molar-refractivity contribution in [3.05, 3.63) is 98.1 Å². The summed E-state index contributed by atoms with van der Waals surface area (Å²) in [5.41, 5.74) is 3.41. The van der Waals surface area contributed by atoms with Gasteiger partial charge in [-0.15, -0.1) is 0 Å². The molecule has 0 radical (unpaired) electrons. The van der Waals surface area contributed by atoms with E-state index < -0.39 is 11.8 Å². The molecule has 1 aliphatic rings. The molecule has 3 amide bonds. The van der Waals surface area contributed by atoms with Crippen molar-refractivity contribution in [1.29, 1.82) is 0 Å². The summed E-state index contributed by atoms with van der Waals surface area (Å²) in [6.45, 7) is 3.85. The van der Waals surface area contributed by atoms with E-state index in [0.29, 0.717) is 22.0 Å². The molecule has 0 fully saturated rings. The highest BCUT2D eigenvalue weighted by Crippen LogP contribution is 2.36. The molecule has 0 saturated heterocycles. The van der Waals surface area contributed by atoms with Gasteiger partial charge in [0.05, 0.1) is 10.7 Å². The number of nitrogens with one attached hydrogen (secondary N) is 2. The minimum absolute atomic E-state index is 0.126. The van der Waals surface area contributed by atoms with Crippen LogP contribution in [0.4, 0.5) is 17.1 Å². The van der Waals surface area contributed by atoms with Crippen molar-refractivity contribution in [2.24, 2.45) is 0 Å². The highest BCUT2D eigenvalue weighted by molar-refractivity contribution is 6.54. The van der Waals surface area contributed by atoms with E-state index in [1.54, 1.807) is 30.3 Å². The van der Waals surface area contributed by atoms with E-state index >= 15 is 0 Å². The van der Waals surface area contributed by atoms with Crippen LogP contribution in [0, 0.1) is 13.8 Å². The van der Waals surface area contributed by atoms with Crippen molar-refractivity contribution in [2.75, 3.05) is 15.5 Å². The van der Waals surface area contributed by atoms with E-state index in [4.69, 9.17) is 34.8 Å². The van der Waals surface area contributed by atoms with Gasteiger partial charge in [-0.25, -0.2) is 4.90 Å². The minimum Gasteiger partial charge on any atom is -0.350 e. The maximum absolute atomic E-state index is 13.0. The molecule has 0 unspecified atom stereocenters. The lowest BCUT2D eigenvalue weighted by Crippen LogP contribution is -2.32. The topological polar surface area (TPSA) is 78.5 Å². The van der Waals surface area contributed by atoms with Gasteiger partial charge in [-0.05, 0) is 67.4 Å². The number of benzene rings is 3.